The van der Waals surface area contributed by atoms with Crippen molar-refractivity contribution in [1.29, 1.82) is 0 Å². The van der Waals surface area contributed by atoms with E-state index in [1.54, 1.807) is 66.7 Å². The van der Waals surface area contributed by atoms with Crippen molar-refractivity contribution in [3.63, 3.8) is 0 Å². The van der Waals surface area contributed by atoms with Gasteiger partial charge in [0.15, 0.2) is 43.3 Å². The van der Waals surface area contributed by atoms with E-state index in [9.17, 15) is 19.5 Å². The topological polar surface area (TPSA) is 244 Å². The third-order valence-corrected chi connectivity index (χ3v) is 16.5. The first-order valence-electron chi connectivity index (χ1n) is 32.6. The molecule has 3 aliphatic rings. The Kier molecular flexibility index (Phi) is 25.8. The number of aliphatic hydroxyl groups excluding tert-OH is 1. The molecule has 3 aliphatic heterocycles. The number of hydrogen-bond acceptors (Lipinski definition) is 21. The molecule has 8 aromatic carbocycles. The summed E-state index contributed by atoms with van der Waals surface area (Å²) < 4.78 is 100. The van der Waals surface area contributed by atoms with E-state index in [1.165, 1.54) is 24.3 Å². The molecule has 3 saturated heterocycles. The molecular formula is C78H78O21. The van der Waals surface area contributed by atoms with Crippen LogP contribution in [0.2, 0.25) is 0 Å². The third-order valence-electron chi connectivity index (χ3n) is 16.5. The summed E-state index contributed by atoms with van der Waals surface area (Å²) in [6.45, 7) is 1.19. The van der Waals surface area contributed by atoms with Crippen LogP contribution in [0.25, 0.3) is 0 Å². The molecule has 11 rings (SSSR count). The van der Waals surface area contributed by atoms with E-state index in [2.05, 4.69) is 0 Å². The average Bonchev–Trinajstić information content (AvgIpc) is 0.762. The minimum absolute atomic E-state index is 0.0208. The van der Waals surface area contributed by atoms with Crippen LogP contribution in [0, 0.1) is 0 Å². The van der Waals surface area contributed by atoms with Crippen molar-refractivity contribution in [3.8, 4) is 0 Å². The maximum atomic E-state index is 15.2. The van der Waals surface area contributed by atoms with Crippen molar-refractivity contribution >= 4 is 29.8 Å². The number of benzene rings is 8. The van der Waals surface area contributed by atoms with Crippen LogP contribution in [0.5, 0.6) is 0 Å². The van der Waals surface area contributed by atoms with Gasteiger partial charge >= 0.3 is 29.8 Å². The Hall–Kier alpha value is -9.33. The van der Waals surface area contributed by atoms with E-state index in [4.69, 9.17) is 71.1 Å². The molecule has 3 fully saturated rings. The molecule has 0 spiro atoms. The second-order valence-corrected chi connectivity index (χ2v) is 23.7. The number of hydrogen-bond donors (Lipinski definition) is 1. The second kappa shape index (κ2) is 36.0. The van der Waals surface area contributed by atoms with Crippen LogP contribution in [0.4, 0.5) is 0 Å². The fraction of sp³-hybridized carbons (Fsp3) is 0.321. The van der Waals surface area contributed by atoms with Gasteiger partial charge in [0.05, 0.1) is 62.9 Å². The number of ether oxygens (including phenoxy) is 15. The molecular weight excluding hydrogens is 1270 g/mol. The summed E-state index contributed by atoms with van der Waals surface area (Å²) in [5, 5.41) is 11.7. The van der Waals surface area contributed by atoms with Crippen molar-refractivity contribution in [2.24, 2.45) is 0 Å². The van der Waals surface area contributed by atoms with E-state index in [1.807, 2.05) is 152 Å². The number of carbonyl (C=O) groups excluding carboxylic acids is 5. The molecule has 8 aromatic rings. The molecule has 0 aromatic heterocycles. The highest BCUT2D eigenvalue weighted by molar-refractivity contribution is 5.90. The number of esters is 5. The van der Waals surface area contributed by atoms with Crippen molar-refractivity contribution in [3.05, 3.63) is 287 Å². The zero-order valence-corrected chi connectivity index (χ0v) is 54.5. The molecule has 21 heteroatoms. The molecule has 1 N–H and O–H groups in total. The highest BCUT2D eigenvalue weighted by Crippen LogP contribution is 2.39. The largest absolute Gasteiger partial charge is 0.459 e. The zero-order valence-electron chi connectivity index (χ0n) is 54.5. The smallest absolute Gasteiger partial charge is 0.338 e. The number of rotatable bonds is 30. The molecule has 21 nitrogen and oxygen atoms in total. The van der Waals surface area contributed by atoms with E-state index >= 15 is 9.59 Å². The van der Waals surface area contributed by atoms with Crippen LogP contribution in [-0.2, 0) is 114 Å². The molecule has 0 aliphatic carbocycles. The fourth-order valence-corrected chi connectivity index (χ4v) is 11.8. The standard InChI is InChI=1S/C78H78O21/c1-51(79)91-68-66(62(93-76(84)70(68)92-52(2)80)49-86-44-54-29-13-4-14-30-54)98-78-72(97-75(83)60-41-25-10-26-42-60)69(65(96-74(82)59-39-23-9-24-40-59)63(95-78)50-90-73(81)58-37-21-8-22-38-58)99-77-71(89-47-57-35-19-7-20-36-57)67(88-46-56-33-17-6-18-34-56)64(87-45-55-31-15-5-16-32-55)61(94-77)48-85-43-53-27-11-3-12-28-53/h3-42,61-72,76-78,84H,43-50H2,1-2H3. The minimum Gasteiger partial charge on any atom is -0.459 e. The summed E-state index contributed by atoms with van der Waals surface area (Å²) in [6, 6.07) is 71.2. The Labute approximate surface area is 573 Å². The van der Waals surface area contributed by atoms with Crippen LogP contribution in [0.3, 0.4) is 0 Å². The molecule has 516 valence electrons. The predicted molar refractivity (Wildman–Crippen MR) is 354 cm³/mol. The van der Waals surface area contributed by atoms with E-state index in [0.29, 0.717) is 0 Å². The zero-order chi connectivity index (χ0) is 68.7. The van der Waals surface area contributed by atoms with Gasteiger partial charge in [-0.25, -0.2) is 14.4 Å². The van der Waals surface area contributed by atoms with E-state index < -0.39 is 129 Å². The normalized spacial score (nSPS) is 25.1. The summed E-state index contributed by atoms with van der Waals surface area (Å²) in [6.07, 6.45) is -23.8. The maximum Gasteiger partial charge on any atom is 0.338 e. The third kappa shape index (κ3) is 20.0. The van der Waals surface area contributed by atoms with Gasteiger partial charge < -0.3 is 76.2 Å². The number of aliphatic hydroxyl groups is 1. The molecule has 15 atom stereocenters. The molecule has 0 amide bonds. The van der Waals surface area contributed by atoms with Gasteiger partial charge in [0.25, 0.3) is 0 Å². The molecule has 0 saturated carbocycles. The van der Waals surface area contributed by atoms with Gasteiger partial charge in [-0.1, -0.05) is 206 Å². The van der Waals surface area contributed by atoms with Crippen LogP contribution >= 0.6 is 0 Å². The van der Waals surface area contributed by atoms with Crippen LogP contribution < -0.4 is 0 Å². The predicted octanol–water partition coefficient (Wildman–Crippen LogP) is 10.3. The summed E-state index contributed by atoms with van der Waals surface area (Å²) >= 11 is 0. The van der Waals surface area contributed by atoms with Crippen LogP contribution in [0.15, 0.2) is 243 Å². The minimum atomic E-state index is -1.99. The summed E-state index contributed by atoms with van der Waals surface area (Å²) in [5.74, 6) is -4.48. The van der Waals surface area contributed by atoms with Gasteiger partial charge in [0, 0.05) is 13.8 Å². The van der Waals surface area contributed by atoms with Gasteiger partial charge in [-0.05, 0) is 64.2 Å². The van der Waals surface area contributed by atoms with Gasteiger partial charge in [-0.15, -0.1) is 0 Å². The number of carbonyl (C=O) groups is 5. The van der Waals surface area contributed by atoms with Gasteiger partial charge in [-0.3, -0.25) is 9.59 Å². The van der Waals surface area contributed by atoms with Crippen molar-refractivity contribution in [2.45, 2.75) is 139 Å². The molecule has 3 heterocycles. The van der Waals surface area contributed by atoms with E-state index in [0.717, 1.165) is 41.7 Å². The maximum absolute atomic E-state index is 15.2. The van der Waals surface area contributed by atoms with Gasteiger partial charge in [-0.2, -0.15) is 0 Å². The van der Waals surface area contributed by atoms with Crippen LogP contribution in [-0.4, -0.2) is 147 Å². The van der Waals surface area contributed by atoms with Crippen LogP contribution in [0.1, 0.15) is 72.7 Å². The lowest BCUT2D eigenvalue weighted by atomic mass is 9.94. The first-order valence-corrected chi connectivity index (χ1v) is 32.6. The lowest BCUT2D eigenvalue weighted by molar-refractivity contribution is -0.383. The van der Waals surface area contributed by atoms with Crippen molar-refractivity contribution in [1.82, 2.24) is 0 Å². The summed E-state index contributed by atoms with van der Waals surface area (Å²) in [7, 11) is 0. The summed E-state index contributed by atoms with van der Waals surface area (Å²) in [4.78, 5) is 70.8. The Morgan fingerprint density at radius 1 is 0.313 bits per heavy atom. The lowest BCUT2D eigenvalue weighted by Gasteiger charge is -2.51. The van der Waals surface area contributed by atoms with Crippen molar-refractivity contribution < 1.29 is 100 Å². The Morgan fingerprint density at radius 3 is 1.08 bits per heavy atom. The Bertz CT molecular complexity index is 3770. The molecule has 0 bridgehead atoms. The Balaban J connectivity index is 1.08. The van der Waals surface area contributed by atoms with Gasteiger partial charge in [0.2, 0.25) is 0 Å². The monoisotopic (exact) mass is 1350 g/mol. The quantitative estimate of drug-likeness (QED) is 0.0325. The van der Waals surface area contributed by atoms with E-state index in [-0.39, 0.29) is 62.9 Å². The lowest BCUT2D eigenvalue weighted by Crippen LogP contribution is -2.68. The first-order chi connectivity index (χ1) is 48.4. The second-order valence-electron chi connectivity index (χ2n) is 23.7. The molecule has 15 unspecified atom stereocenters. The van der Waals surface area contributed by atoms with Crippen molar-refractivity contribution in [2.75, 3.05) is 19.8 Å². The highest BCUT2D eigenvalue weighted by atomic mass is 16.8. The Morgan fingerprint density at radius 2 is 0.646 bits per heavy atom. The summed E-state index contributed by atoms with van der Waals surface area (Å²) in [5.41, 5.74) is 4.26. The first kappa shape index (κ1) is 71.0. The fourth-order valence-electron chi connectivity index (χ4n) is 11.8. The molecule has 99 heavy (non-hydrogen) atoms. The molecule has 0 radical (unpaired) electrons. The SMILES string of the molecule is CC(=O)OC1C(O)OC(COCc2ccccc2)C(OC2OC(COC(=O)c3ccccc3)C(OC(=O)c3ccccc3)C(OC3OC(COCc4ccccc4)C(OCc4ccccc4)C(OCc4ccccc4)C3OCc3ccccc3)C2OC(=O)c2ccccc2)C1OC(C)=O. The highest BCUT2D eigenvalue weighted by Gasteiger charge is 2.59. The van der Waals surface area contributed by atoms with Gasteiger partial charge in [0.1, 0.15) is 55.4 Å². The average molecular weight is 1350 g/mol.